The Morgan fingerprint density at radius 3 is 2.89 bits per heavy atom. The lowest BCUT2D eigenvalue weighted by molar-refractivity contribution is -0.384. The van der Waals surface area contributed by atoms with Crippen molar-refractivity contribution in [3.05, 3.63) is 40.5 Å². The molecule has 2 N–H and O–H groups in total. The zero-order valence-corrected chi connectivity index (χ0v) is 10.5. The van der Waals surface area contributed by atoms with E-state index in [-0.39, 0.29) is 11.7 Å². The van der Waals surface area contributed by atoms with E-state index in [1.807, 2.05) is 6.92 Å². The largest absolute Gasteiger partial charge is 0.497 e. The van der Waals surface area contributed by atoms with E-state index < -0.39 is 4.92 Å². The third-order valence-corrected chi connectivity index (χ3v) is 2.62. The Labute approximate surface area is 109 Å². The van der Waals surface area contributed by atoms with E-state index in [1.54, 1.807) is 12.1 Å². The van der Waals surface area contributed by atoms with Gasteiger partial charge in [0.05, 0.1) is 18.1 Å². The van der Waals surface area contributed by atoms with Crippen molar-refractivity contribution in [1.82, 2.24) is 15.2 Å². The monoisotopic (exact) mass is 263 g/mol. The van der Waals surface area contributed by atoms with E-state index in [0.717, 1.165) is 0 Å². The standard InChI is InChI=1S/C11H13N5O3/c1-7(11-12-6-13-15-11)14-9-5-8(19-2)3-4-10(9)16(17)18/h3-7,14H,1-2H3,(H,12,13,15). The SMILES string of the molecule is COc1ccc([N+](=O)[O-])c(NC(C)c2ncn[nH]2)c1. The molecule has 0 saturated carbocycles. The average Bonchev–Trinajstić information content (AvgIpc) is 2.92. The Hall–Kier alpha value is -2.64. The molecule has 0 aliphatic carbocycles. The van der Waals surface area contributed by atoms with Crippen molar-refractivity contribution in [2.24, 2.45) is 0 Å². The quantitative estimate of drug-likeness (QED) is 0.630. The summed E-state index contributed by atoms with van der Waals surface area (Å²) < 4.78 is 5.06. The highest BCUT2D eigenvalue weighted by atomic mass is 16.6. The Balaban J connectivity index is 2.29. The summed E-state index contributed by atoms with van der Waals surface area (Å²) >= 11 is 0. The van der Waals surface area contributed by atoms with E-state index in [2.05, 4.69) is 20.5 Å². The molecule has 100 valence electrons. The lowest BCUT2D eigenvalue weighted by Crippen LogP contribution is -2.10. The van der Waals surface area contributed by atoms with Gasteiger partial charge in [-0.05, 0) is 13.0 Å². The first-order valence-electron chi connectivity index (χ1n) is 5.56. The van der Waals surface area contributed by atoms with Crippen LogP contribution < -0.4 is 10.1 Å². The highest BCUT2D eigenvalue weighted by Gasteiger charge is 2.18. The predicted octanol–water partition coefficient (Wildman–Crippen LogP) is 1.89. The Morgan fingerprint density at radius 2 is 2.32 bits per heavy atom. The molecule has 2 rings (SSSR count). The molecule has 8 nitrogen and oxygen atoms in total. The van der Waals surface area contributed by atoms with Gasteiger partial charge in [0.15, 0.2) is 0 Å². The first-order chi connectivity index (χ1) is 9.11. The maximum Gasteiger partial charge on any atom is 0.292 e. The smallest absolute Gasteiger partial charge is 0.292 e. The lowest BCUT2D eigenvalue weighted by Gasteiger charge is -2.13. The third-order valence-electron chi connectivity index (χ3n) is 2.62. The van der Waals surface area contributed by atoms with Crippen molar-refractivity contribution < 1.29 is 9.66 Å². The van der Waals surface area contributed by atoms with Gasteiger partial charge in [-0.15, -0.1) is 0 Å². The second-order valence-electron chi connectivity index (χ2n) is 3.88. The summed E-state index contributed by atoms with van der Waals surface area (Å²) in [5, 5.41) is 20.4. The first-order valence-corrected chi connectivity index (χ1v) is 5.56. The molecule has 0 saturated heterocycles. The van der Waals surface area contributed by atoms with Crippen molar-refractivity contribution in [3.63, 3.8) is 0 Å². The number of nitrogens with zero attached hydrogens (tertiary/aromatic N) is 3. The van der Waals surface area contributed by atoms with Gasteiger partial charge >= 0.3 is 0 Å². The van der Waals surface area contributed by atoms with Crippen LogP contribution in [0.4, 0.5) is 11.4 Å². The minimum atomic E-state index is -0.450. The zero-order valence-electron chi connectivity index (χ0n) is 10.5. The maximum absolute atomic E-state index is 11.0. The first kappa shape index (κ1) is 12.8. The van der Waals surface area contributed by atoms with E-state index in [0.29, 0.717) is 17.3 Å². The predicted molar refractivity (Wildman–Crippen MR) is 68.1 cm³/mol. The molecular formula is C11H13N5O3. The van der Waals surface area contributed by atoms with Gasteiger partial charge in [-0.2, -0.15) is 5.10 Å². The highest BCUT2D eigenvalue weighted by Crippen LogP contribution is 2.31. The summed E-state index contributed by atoms with van der Waals surface area (Å²) in [5.41, 5.74) is 0.348. The van der Waals surface area contributed by atoms with Crippen molar-refractivity contribution in [2.75, 3.05) is 12.4 Å². The van der Waals surface area contributed by atoms with Crippen LogP contribution in [0.25, 0.3) is 0 Å². The number of nitro groups is 1. The number of ether oxygens (including phenoxy) is 1. The van der Waals surface area contributed by atoms with Gasteiger partial charge in [-0.3, -0.25) is 15.2 Å². The van der Waals surface area contributed by atoms with Crippen LogP contribution in [0.15, 0.2) is 24.5 Å². The van der Waals surface area contributed by atoms with E-state index in [1.165, 1.54) is 19.5 Å². The number of aromatic nitrogens is 3. The van der Waals surface area contributed by atoms with E-state index in [9.17, 15) is 10.1 Å². The van der Waals surface area contributed by atoms with Crippen LogP contribution in [-0.2, 0) is 0 Å². The van der Waals surface area contributed by atoms with Gasteiger partial charge in [0.2, 0.25) is 0 Å². The third kappa shape index (κ3) is 2.79. The second kappa shape index (κ2) is 5.34. The number of aromatic amines is 1. The number of nitro benzene ring substituents is 1. The van der Waals surface area contributed by atoms with Gasteiger partial charge in [-0.1, -0.05) is 0 Å². The molecule has 19 heavy (non-hydrogen) atoms. The Morgan fingerprint density at radius 1 is 1.53 bits per heavy atom. The molecule has 1 aromatic heterocycles. The fourth-order valence-corrected chi connectivity index (χ4v) is 1.64. The molecule has 2 aromatic rings. The van der Waals surface area contributed by atoms with Crippen LogP contribution in [0.2, 0.25) is 0 Å². The summed E-state index contributed by atoms with van der Waals surface area (Å²) in [5.74, 6) is 1.13. The fraction of sp³-hybridized carbons (Fsp3) is 0.273. The van der Waals surface area contributed by atoms with Crippen LogP contribution in [0.3, 0.4) is 0 Å². The summed E-state index contributed by atoms with van der Waals surface area (Å²) in [7, 11) is 1.50. The van der Waals surface area contributed by atoms with Crippen LogP contribution in [0.1, 0.15) is 18.8 Å². The van der Waals surface area contributed by atoms with Crippen molar-refractivity contribution >= 4 is 11.4 Å². The molecule has 1 aromatic carbocycles. The molecule has 0 amide bonds. The maximum atomic E-state index is 11.0. The normalized spacial score (nSPS) is 11.9. The number of nitrogens with one attached hydrogen (secondary N) is 2. The number of benzene rings is 1. The van der Waals surface area contributed by atoms with E-state index in [4.69, 9.17) is 4.74 Å². The molecule has 1 atom stereocenters. The Bertz CT molecular complexity index is 570. The minimum Gasteiger partial charge on any atom is -0.497 e. The van der Waals surface area contributed by atoms with Crippen molar-refractivity contribution in [3.8, 4) is 5.75 Å². The molecule has 0 bridgehead atoms. The molecule has 0 fully saturated rings. The molecule has 1 unspecified atom stereocenters. The van der Waals surface area contributed by atoms with Gasteiger partial charge in [-0.25, -0.2) is 4.98 Å². The van der Waals surface area contributed by atoms with E-state index >= 15 is 0 Å². The van der Waals surface area contributed by atoms with Gasteiger partial charge in [0.25, 0.3) is 5.69 Å². The number of H-pyrrole nitrogens is 1. The van der Waals surface area contributed by atoms with Gasteiger partial charge in [0.1, 0.15) is 23.6 Å². The molecule has 8 heteroatoms. The highest BCUT2D eigenvalue weighted by molar-refractivity contribution is 5.64. The van der Waals surface area contributed by atoms with Crippen LogP contribution in [0.5, 0.6) is 5.75 Å². The molecule has 0 radical (unpaired) electrons. The van der Waals surface area contributed by atoms with Crippen LogP contribution in [-0.4, -0.2) is 27.2 Å². The summed E-state index contributed by atoms with van der Waals surface area (Å²) in [4.78, 5) is 14.5. The summed E-state index contributed by atoms with van der Waals surface area (Å²) in [6.45, 7) is 1.82. The molecule has 0 spiro atoms. The van der Waals surface area contributed by atoms with Gasteiger partial charge < -0.3 is 10.1 Å². The summed E-state index contributed by atoms with van der Waals surface area (Å²) in [6, 6.07) is 4.27. The second-order valence-corrected chi connectivity index (χ2v) is 3.88. The van der Waals surface area contributed by atoms with Crippen LogP contribution >= 0.6 is 0 Å². The lowest BCUT2D eigenvalue weighted by atomic mass is 10.2. The molecule has 0 aliphatic rings. The number of methoxy groups -OCH3 is 1. The molecular weight excluding hydrogens is 250 g/mol. The zero-order chi connectivity index (χ0) is 13.8. The topological polar surface area (TPSA) is 106 Å². The fourth-order valence-electron chi connectivity index (χ4n) is 1.64. The number of hydrogen-bond acceptors (Lipinski definition) is 6. The summed E-state index contributed by atoms with van der Waals surface area (Å²) in [6.07, 6.45) is 1.38. The molecule has 1 heterocycles. The molecule has 0 aliphatic heterocycles. The van der Waals surface area contributed by atoms with Gasteiger partial charge in [0, 0.05) is 12.1 Å². The Kier molecular flexibility index (Phi) is 3.60. The minimum absolute atomic E-state index is 0.0211. The average molecular weight is 263 g/mol. The van der Waals surface area contributed by atoms with Crippen molar-refractivity contribution in [2.45, 2.75) is 13.0 Å². The van der Waals surface area contributed by atoms with Crippen LogP contribution in [0, 0.1) is 10.1 Å². The number of anilines is 1. The number of rotatable bonds is 5. The number of hydrogen-bond donors (Lipinski definition) is 2. The van der Waals surface area contributed by atoms with Crippen molar-refractivity contribution in [1.29, 1.82) is 0 Å².